The molecule has 0 spiro atoms. The van der Waals surface area contributed by atoms with Crippen molar-refractivity contribution in [3.05, 3.63) is 48.0 Å². The summed E-state index contributed by atoms with van der Waals surface area (Å²) in [5, 5.41) is 3.00. The quantitative estimate of drug-likeness (QED) is 0.608. The average Bonchev–Trinajstić information content (AvgIpc) is 2.84. The van der Waals surface area contributed by atoms with Crippen LogP contribution in [0.1, 0.15) is 19.4 Å². The lowest BCUT2D eigenvalue weighted by molar-refractivity contribution is -0.130. The van der Waals surface area contributed by atoms with Crippen LogP contribution in [0.5, 0.6) is 5.75 Å². The molecule has 184 valence electrons. The minimum atomic E-state index is -3.82. The minimum absolute atomic E-state index is 0.0612. The molecule has 0 radical (unpaired) electrons. The summed E-state index contributed by atoms with van der Waals surface area (Å²) in [6, 6.07) is 11.3. The summed E-state index contributed by atoms with van der Waals surface area (Å²) < 4.78 is 37.1. The second-order valence-electron chi connectivity index (χ2n) is 7.83. The number of nitrogens with zero attached hydrogens (tertiary/aromatic N) is 2. The maximum Gasteiger partial charge on any atom is 0.409 e. The molecule has 0 aliphatic carbocycles. The van der Waals surface area contributed by atoms with Gasteiger partial charge in [0.2, 0.25) is 15.7 Å². The highest BCUT2D eigenvalue weighted by Gasteiger charge is 2.26. The van der Waals surface area contributed by atoms with E-state index in [1.165, 1.54) is 12.1 Å². The normalized spacial score (nSPS) is 14.0. The van der Waals surface area contributed by atoms with Crippen LogP contribution in [0.3, 0.4) is 0 Å². The van der Waals surface area contributed by atoms with Crippen LogP contribution in [0.15, 0.2) is 52.3 Å². The third-order valence-corrected chi connectivity index (χ3v) is 7.27. The molecular formula is C24H31N3O6S. The first-order valence-corrected chi connectivity index (χ1v) is 12.8. The molecule has 2 amide bonds. The number of hydrogen-bond donors (Lipinski definition) is 1. The Morgan fingerprint density at radius 3 is 2.21 bits per heavy atom. The van der Waals surface area contributed by atoms with Gasteiger partial charge in [0.25, 0.3) is 0 Å². The lowest BCUT2D eigenvalue weighted by Gasteiger charge is -2.34. The summed E-state index contributed by atoms with van der Waals surface area (Å²) in [5.74, 6) is 0.422. The van der Waals surface area contributed by atoms with Gasteiger partial charge in [-0.3, -0.25) is 4.79 Å². The molecule has 1 aliphatic heterocycles. The molecule has 1 aliphatic rings. The number of piperazine rings is 1. The van der Waals surface area contributed by atoms with E-state index in [1.807, 2.05) is 13.8 Å². The largest absolute Gasteiger partial charge is 0.494 e. The zero-order valence-electron chi connectivity index (χ0n) is 19.7. The van der Waals surface area contributed by atoms with Crippen LogP contribution in [-0.4, -0.2) is 76.2 Å². The maximum absolute atomic E-state index is 13.4. The van der Waals surface area contributed by atoms with Gasteiger partial charge in [0.05, 0.1) is 35.2 Å². The molecular weight excluding hydrogens is 458 g/mol. The van der Waals surface area contributed by atoms with Crippen LogP contribution in [0.25, 0.3) is 0 Å². The van der Waals surface area contributed by atoms with Gasteiger partial charge in [0.15, 0.2) is 0 Å². The average molecular weight is 490 g/mol. The minimum Gasteiger partial charge on any atom is -0.494 e. The van der Waals surface area contributed by atoms with E-state index >= 15 is 0 Å². The Hall–Kier alpha value is -3.27. The van der Waals surface area contributed by atoms with Crippen molar-refractivity contribution < 1.29 is 27.5 Å². The Morgan fingerprint density at radius 2 is 1.59 bits per heavy atom. The van der Waals surface area contributed by atoms with Crippen molar-refractivity contribution >= 4 is 27.5 Å². The van der Waals surface area contributed by atoms with Crippen molar-refractivity contribution in [3.63, 3.8) is 0 Å². The highest BCUT2D eigenvalue weighted by Crippen LogP contribution is 2.30. The van der Waals surface area contributed by atoms with Crippen LogP contribution >= 0.6 is 0 Å². The van der Waals surface area contributed by atoms with Crippen molar-refractivity contribution in [2.75, 3.05) is 51.3 Å². The number of amides is 2. The molecule has 10 heteroatoms. The Morgan fingerprint density at radius 1 is 0.941 bits per heavy atom. The van der Waals surface area contributed by atoms with E-state index in [0.29, 0.717) is 50.8 Å². The standard InChI is InChI=1S/C24H31N3O6S/c1-4-32-19-7-9-20(10-8-19)34(30,31)22-16-18(3)6-11-21(22)25-17-23(28)26-12-14-27(15-13-26)24(29)33-5-2/h6-11,16,25H,4-5,12-15,17H2,1-3H3. The first-order valence-electron chi connectivity index (χ1n) is 11.3. The number of sulfone groups is 1. The predicted octanol–water partition coefficient (Wildman–Crippen LogP) is 2.94. The van der Waals surface area contributed by atoms with E-state index in [4.69, 9.17) is 9.47 Å². The number of benzene rings is 2. The van der Waals surface area contributed by atoms with Crippen molar-refractivity contribution in [2.24, 2.45) is 0 Å². The number of anilines is 1. The van der Waals surface area contributed by atoms with Gasteiger partial charge < -0.3 is 24.6 Å². The fourth-order valence-electron chi connectivity index (χ4n) is 3.64. The summed E-state index contributed by atoms with van der Waals surface area (Å²) in [5.41, 5.74) is 1.15. The van der Waals surface area contributed by atoms with E-state index in [-0.39, 0.29) is 28.3 Å². The second kappa shape index (κ2) is 11.2. The zero-order valence-corrected chi connectivity index (χ0v) is 20.6. The Kier molecular flexibility index (Phi) is 8.38. The number of nitrogens with one attached hydrogen (secondary N) is 1. The number of hydrogen-bond acceptors (Lipinski definition) is 7. The van der Waals surface area contributed by atoms with E-state index in [0.717, 1.165) is 5.56 Å². The van der Waals surface area contributed by atoms with E-state index in [2.05, 4.69) is 5.32 Å². The summed E-state index contributed by atoms with van der Waals surface area (Å²) in [6.45, 7) is 7.73. The highest BCUT2D eigenvalue weighted by atomic mass is 32.2. The van der Waals surface area contributed by atoms with Crippen LogP contribution in [0.4, 0.5) is 10.5 Å². The molecule has 0 atom stereocenters. The van der Waals surface area contributed by atoms with Crippen molar-refractivity contribution in [3.8, 4) is 5.75 Å². The van der Waals surface area contributed by atoms with Gasteiger partial charge in [0.1, 0.15) is 5.75 Å². The molecule has 0 aromatic heterocycles. The summed E-state index contributed by atoms with van der Waals surface area (Å²) >= 11 is 0. The smallest absolute Gasteiger partial charge is 0.409 e. The molecule has 2 aromatic carbocycles. The fourth-order valence-corrected chi connectivity index (χ4v) is 5.16. The lowest BCUT2D eigenvalue weighted by Crippen LogP contribution is -2.51. The third-order valence-electron chi connectivity index (χ3n) is 5.46. The van der Waals surface area contributed by atoms with Gasteiger partial charge in [-0.25, -0.2) is 13.2 Å². The third kappa shape index (κ3) is 5.99. The van der Waals surface area contributed by atoms with Crippen LogP contribution in [-0.2, 0) is 19.4 Å². The molecule has 1 heterocycles. The number of carbonyl (C=O) groups excluding carboxylic acids is 2. The molecule has 1 fully saturated rings. The maximum atomic E-state index is 13.4. The molecule has 0 saturated carbocycles. The molecule has 34 heavy (non-hydrogen) atoms. The summed E-state index contributed by atoms with van der Waals surface area (Å²) in [7, 11) is -3.82. The summed E-state index contributed by atoms with van der Waals surface area (Å²) in [4.78, 5) is 28.0. The van der Waals surface area contributed by atoms with Crippen LogP contribution in [0.2, 0.25) is 0 Å². The number of aryl methyl sites for hydroxylation is 1. The van der Waals surface area contributed by atoms with E-state index in [9.17, 15) is 18.0 Å². The van der Waals surface area contributed by atoms with Gasteiger partial charge >= 0.3 is 6.09 Å². The van der Waals surface area contributed by atoms with Crippen LogP contribution in [0, 0.1) is 6.92 Å². The topological polar surface area (TPSA) is 105 Å². The Labute approximate surface area is 200 Å². The van der Waals surface area contributed by atoms with Crippen molar-refractivity contribution in [2.45, 2.75) is 30.6 Å². The van der Waals surface area contributed by atoms with Gasteiger partial charge in [-0.2, -0.15) is 0 Å². The molecule has 1 saturated heterocycles. The molecule has 3 rings (SSSR count). The first-order chi connectivity index (χ1) is 16.3. The van der Waals surface area contributed by atoms with E-state index < -0.39 is 9.84 Å². The Bertz CT molecular complexity index is 1110. The molecule has 9 nitrogen and oxygen atoms in total. The van der Waals surface area contributed by atoms with Crippen molar-refractivity contribution in [1.82, 2.24) is 9.80 Å². The SMILES string of the molecule is CCOC(=O)N1CCN(C(=O)CNc2ccc(C)cc2S(=O)(=O)c2ccc(OCC)cc2)CC1. The van der Waals surface area contributed by atoms with Gasteiger partial charge in [-0.15, -0.1) is 0 Å². The van der Waals surface area contributed by atoms with Gasteiger partial charge in [-0.05, 0) is 62.7 Å². The zero-order chi connectivity index (χ0) is 24.7. The summed E-state index contributed by atoms with van der Waals surface area (Å²) in [6.07, 6.45) is -0.378. The molecule has 0 unspecified atom stereocenters. The number of carbonyl (C=O) groups is 2. The van der Waals surface area contributed by atoms with E-state index in [1.54, 1.807) is 47.1 Å². The fraction of sp³-hybridized carbons (Fsp3) is 0.417. The van der Waals surface area contributed by atoms with Gasteiger partial charge in [0, 0.05) is 26.2 Å². The van der Waals surface area contributed by atoms with Gasteiger partial charge in [-0.1, -0.05) is 6.07 Å². The van der Waals surface area contributed by atoms with Crippen LogP contribution < -0.4 is 10.1 Å². The Balaban J connectivity index is 1.69. The monoisotopic (exact) mass is 489 g/mol. The molecule has 0 bridgehead atoms. The first kappa shape index (κ1) is 25.4. The lowest BCUT2D eigenvalue weighted by atomic mass is 10.2. The highest BCUT2D eigenvalue weighted by molar-refractivity contribution is 7.91. The molecule has 2 aromatic rings. The predicted molar refractivity (Wildman–Crippen MR) is 128 cm³/mol. The van der Waals surface area contributed by atoms with Crippen molar-refractivity contribution in [1.29, 1.82) is 0 Å². The number of ether oxygens (including phenoxy) is 2. The number of rotatable bonds is 8. The molecule has 1 N–H and O–H groups in total. The second-order valence-corrected chi connectivity index (χ2v) is 9.75.